The maximum absolute atomic E-state index is 10.1. The van der Waals surface area contributed by atoms with Gasteiger partial charge in [-0.05, 0) is 26.0 Å². The number of rotatable bonds is 4. The molecule has 0 saturated carbocycles. The van der Waals surface area contributed by atoms with Crippen LogP contribution in [0.1, 0.15) is 39.4 Å². The zero-order valence-corrected chi connectivity index (χ0v) is 11.6. The van der Waals surface area contributed by atoms with E-state index in [1.165, 1.54) is 5.69 Å². The van der Waals surface area contributed by atoms with Gasteiger partial charge in [-0.1, -0.05) is 26.0 Å². The summed E-state index contributed by atoms with van der Waals surface area (Å²) < 4.78 is 2.21. The number of hydrogen-bond donors (Lipinski definition) is 2. The molecule has 0 aliphatic heterocycles. The molecule has 3 nitrogen and oxygen atoms in total. The van der Waals surface area contributed by atoms with Gasteiger partial charge in [0.05, 0.1) is 5.52 Å². The number of phenols is 1. The summed E-state index contributed by atoms with van der Waals surface area (Å²) in [5, 5.41) is 14.6. The van der Waals surface area contributed by atoms with E-state index in [1.807, 2.05) is 12.1 Å². The lowest BCUT2D eigenvalue weighted by Gasteiger charge is -2.16. The van der Waals surface area contributed by atoms with Crippen LogP contribution in [0.3, 0.4) is 0 Å². The van der Waals surface area contributed by atoms with E-state index in [0.717, 1.165) is 17.4 Å². The SMILES string of the molecule is CC(C)NCc1cc2cccc(O)c2n1C(C)C. The first kappa shape index (κ1) is 13.0. The molecular weight excluding hydrogens is 224 g/mol. The second-order valence-electron chi connectivity index (χ2n) is 5.35. The minimum absolute atomic E-state index is 0.333. The molecule has 0 radical (unpaired) electrons. The molecule has 0 aliphatic carbocycles. The van der Waals surface area contributed by atoms with Crippen LogP contribution in [0.25, 0.3) is 10.9 Å². The first-order valence-electron chi connectivity index (χ1n) is 6.56. The Bertz CT molecular complexity index is 541. The summed E-state index contributed by atoms with van der Waals surface area (Å²) in [7, 11) is 0. The minimum atomic E-state index is 0.333. The van der Waals surface area contributed by atoms with Crippen LogP contribution < -0.4 is 5.32 Å². The predicted octanol–water partition coefficient (Wildman–Crippen LogP) is 3.43. The van der Waals surface area contributed by atoms with Crippen molar-refractivity contribution in [2.24, 2.45) is 0 Å². The average molecular weight is 246 g/mol. The first-order chi connectivity index (χ1) is 8.50. The lowest BCUT2D eigenvalue weighted by Crippen LogP contribution is -2.23. The largest absolute Gasteiger partial charge is 0.506 e. The zero-order chi connectivity index (χ0) is 13.3. The Labute approximate surface area is 108 Å². The fourth-order valence-corrected chi connectivity index (χ4v) is 2.36. The number of fused-ring (bicyclic) bond motifs is 1. The summed E-state index contributed by atoms with van der Waals surface area (Å²) in [6.07, 6.45) is 0. The van der Waals surface area contributed by atoms with Crippen LogP contribution in [-0.2, 0) is 6.54 Å². The van der Waals surface area contributed by atoms with Crippen molar-refractivity contribution in [2.75, 3.05) is 0 Å². The summed E-state index contributed by atoms with van der Waals surface area (Å²) in [6, 6.07) is 8.64. The number of aromatic nitrogens is 1. The zero-order valence-electron chi connectivity index (χ0n) is 11.6. The van der Waals surface area contributed by atoms with Gasteiger partial charge in [0.25, 0.3) is 0 Å². The highest BCUT2D eigenvalue weighted by Crippen LogP contribution is 2.30. The fraction of sp³-hybridized carbons (Fsp3) is 0.467. The summed E-state index contributed by atoms with van der Waals surface area (Å²) in [5.74, 6) is 0.358. The molecule has 18 heavy (non-hydrogen) atoms. The van der Waals surface area contributed by atoms with Crippen molar-refractivity contribution in [1.29, 1.82) is 0 Å². The van der Waals surface area contributed by atoms with Gasteiger partial charge in [0, 0.05) is 29.7 Å². The van der Waals surface area contributed by atoms with Crippen LogP contribution in [0.4, 0.5) is 0 Å². The van der Waals surface area contributed by atoms with Gasteiger partial charge in [0.15, 0.2) is 0 Å². The van der Waals surface area contributed by atoms with Crippen molar-refractivity contribution in [3.63, 3.8) is 0 Å². The lowest BCUT2D eigenvalue weighted by atomic mass is 10.2. The maximum Gasteiger partial charge on any atom is 0.139 e. The molecule has 2 rings (SSSR count). The summed E-state index contributed by atoms with van der Waals surface area (Å²) in [6.45, 7) is 9.39. The van der Waals surface area contributed by atoms with Gasteiger partial charge in [-0.25, -0.2) is 0 Å². The molecule has 98 valence electrons. The minimum Gasteiger partial charge on any atom is -0.506 e. The van der Waals surface area contributed by atoms with Gasteiger partial charge < -0.3 is 15.0 Å². The molecule has 2 N–H and O–H groups in total. The first-order valence-corrected chi connectivity index (χ1v) is 6.56. The van der Waals surface area contributed by atoms with Crippen molar-refractivity contribution < 1.29 is 5.11 Å². The smallest absolute Gasteiger partial charge is 0.139 e. The third-order valence-electron chi connectivity index (χ3n) is 3.13. The number of nitrogens with zero attached hydrogens (tertiary/aromatic N) is 1. The van der Waals surface area contributed by atoms with E-state index in [9.17, 15) is 5.11 Å². The molecule has 0 amide bonds. The number of benzene rings is 1. The van der Waals surface area contributed by atoms with Crippen molar-refractivity contribution in [2.45, 2.75) is 46.3 Å². The molecule has 1 aromatic heterocycles. The summed E-state index contributed by atoms with van der Waals surface area (Å²) in [5.41, 5.74) is 2.16. The summed E-state index contributed by atoms with van der Waals surface area (Å²) >= 11 is 0. The normalized spacial score (nSPS) is 11.9. The van der Waals surface area contributed by atoms with Crippen LogP contribution >= 0.6 is 0 Å². The van der Waals surface area contributed by atoms with Gasteiger partial charge in [-0.3, -0.25) is 0 Å². The van der Waals surface area contributed by atoms with Crippen molar-refractivity contribution in [1.82, 2.24) is 9.88 Å². The number of phenolic OH excluding ortho intramolecular Hbond substituents is 1. The standard InChI is InChI=1S/C15H22N2O/c1-10(2)16-9-13-8-12-6-5-7-14(18)15(12)17(13)11(3)4/h5-8,10-11,16,18H,9H2,1-4H3. The molecule has 0 aliphatic rings. The second kappa shape index (κ2) is 5.02. The van der Waals surface area contributed by atoms with Gasteiger partial charge in [0.1, 0.15) is 5.75 Å². The molecule has 0 fully saturated rings. The van der Waals surface area contributed by atoms with E-state index in [4.69, 9.17) is 0 Å². The second-order valence-corrected chi connectivity index (χ2v) is 5.35. The third-order valence-corrected chi connectivity index (χ3v) is 3.13. The fourth-order valence-electron chi connectivity index (χ4n) is 2.36. The maximum atomic E-state index is 10.1. The van der Waals surface area contributed by atoms with Crippen molar-refractivity contribution in [3.8, 4) is 5.75 Å². The highest BCUT2D eigenvalue weighted by atomic mass is 16.3. The number of aromatic hydroxyl groups is 1. The number of hydrogen-bond acceptors (Lipinski definition) is 2. The van der Waals surface area contributed by atoms with E-state index in [1.54, 1.807) is 6.07 Å². The topological polar surface area (TPSA) is 37.2 Å². The molecule has 1 heterocycles. The van der Waals surface area contributed by atoms with E-state index >= 15 is 0 Å². The van der Waals surface area contributed by atoms with Gasteiger partial charge in [-0.15, -0.1) is 0 Å². The predicted molar refractivity (Wildman–Crippen MR) is 76.0 cm³/mol. The van der Waals surface area contributed by atoms with Gasteiger partial charge in [0.2, 0.25) is 0 Å². The molecule has 0 unspecified atom stereocenters. The average Bonchev–Trinajstić information content (AvgIpc) is 2.66. The Morgan fingerprint density at radius 2 is 1.94 bits per heavy atom. The van der Waals surface area contributed by atoms with Crippen LogP contribution in [0.15, 0.2) is 24.3 Å². The number of para-hydroxylation sites is 1. The quantitative estimate of drug-likeness (QED) is 0.867. The monoisotopic (exact) mass is 246 g/mol. The Hall–Kier alpha value is -1.48. The summed E-state index contributed by atoms with van der Waals surface area (Å²) in [4.78, 5) is 0. The molecule has 1 aromatic carbocycles. The molecule has 0 bridgehead atoms. The Kier molecular flexibility index (Phi) is 3.62. The Morgan fingerprint density at radius 1 is 1.22 bits per heavy atom. The van der Waals surface area contributed by atoms with E-state index < -0.39 is 0 Å². The third kappa shape index (κ3) is 2.36. The number of nitrogens with one attached hydrogen (secondary N) is 1. The van der Waals surface area contributed by atoms with Crippen LogP contribution in [-0.4, -0.2) is 15.7 Å². The Morgan fingerprint density at radius 3 is 2.56 bits per heavy atom. The lowest BCUT2D eigenvalue weighted by molar-refractivity contribution is 0.471. The molecule has 3 heteroatoms. The van der Waals surface area contributed by atoms with E-state index in [-0.39, 0.29) is 0 Å². The van der Waals surface area contributed by atoms with Crippen LogP contribution in [0.5, 0.6) is 5.75 Å². The van der Waals surface area contributed by atoms with Crippen molar-refractivity contribution in [3.05, 3.63) is 30.0 Å². The molecular formula is C15H22N2O. The van der Waals surface area contributed by atoms with E-state index in [0.29, 0.717) is 17.8 Å². The molecule has 0 saturated heterocycles. The molecule has 0 atom stereocenters. The van der Waals surface area contributed by atoms with Gasteiger partial charge in [-0.2, -0.15) is 0 Å². The molecule has 2 aromatic rings. The van der Waals surface area contributed by atoms with E-state index in [2.05, 4.69) is 43.6 Å². The Balaban J connectivity index is 2.52. The highest BCUT2D eigenvalue weighted by molar-refractivity contribution is 5.86. The van der Waals surface area contributed by atoms with Gasteiger partial charge >= 0.3 is 0 Å². The van der Waals surface area contributed by atoms with Crippen LogP contribution in [0, 0.1) is 0 Å². The molecule has 0 spiro atoms. The highest BCUT2D eigenvalue weighted by Gasteiger charge is 2.14. The van der Waals surface area contributed by atoms with Crippen LogP contribution in [0.2, 0.25) is 0 Å². The van der Waals surface area contributed by atoms with Crippen molar-refractivity contribution >= 4 is 10.9 Å².